The molecular weight excluding hydrogens is 180 g/mol. The molecule has 0 spiro atoms. The summed E-state index contributed by atoms with van der Waals surface area (Å²) >= 11 is 0. The molecule has 3 nitrogen and oxygen atoms in total. The van der Waals surface area contributed by atoms with Crippen LogP contribution in [0.25, 0.3) is 11.3 Å². The largest absolute Gasteiger partial charge is 0.508 e. The fourth-order valence-corrected chi connectivity index (χ4v) is 1.20. The SMILES string of the molecule is O=c1ccoc(-c2cccc(O)c2)c1. The maximum atomic E-state index is 11.0. The van der Waals surface area contributed by atoms with E-state index in [1.807, 2.05) is 0 Å². The fourth-order valence-electron chi connectivity index (χ4n) is 1.20. The second kappa shape index (κ2) is 3.38. The first-order valence-corrected chi connectivity index (χ1v) is 4.14. The molecule has 0 aliphatic carbocycles. The van der Waals surface area contributed by atoms with Gasteiger partial charge in [-0.25, -0.2) is 0 Å². The minimum Gasteiger partial charge on any atom is -0.508 e. The maximum absolute atomic E-state index is 11.0. The van der Waals surface area contributed by atoms with E-state index in [9.17, 15) is 9.90 Å². The summed E-state index contributed by atoms with van der Waals surface area (Å²) in [5.41, 5.74) is 0.567. The van der Waals surface area contributed by atoms with Gasteiger partial charge in [0.15, 0.2) is 5.43 Å². The number of hydrogen-bond donors (Lipinski definition) is 1. The molecular formula is C11H8O3. The zero-order chi connectivity index (χ0) is 9.97. The van der Waals surface area contributed by atoms with Crippen molar-refractivity contribution >= 4 is 0 Å². The molecule has 14 heavy (non-hydrogen) atoms. The van der Waals surface area contributed by atoms with Crippen molar-refractivity contribution in [2.45, 2.75) is 0 Å². The van der Waals surface area contributed by atoms with E-state index in [0.717, 1.165) is 0 Å². The lowest BCUT2D eigenvalue weighted by molar-refractivity contribution is 0.475. The Hall–Kier alpha value is -2.03. The summed E-state index contributed by atoms with van der Waals surface area (Å²) in [6.07, 6.45) is 1.34. The first-order chi connectivity index (χ1) is 6.75. The third kappa shape index (κ3) is 1.66. The Morgan fingerprint density at radius 3 is 2.71 bits per heavy atom. The summed E-state index contributed by atoms with van der Waals surface area (Å²) < 4.78 is 5.14. The van der Waals surface area contributed by atoms with Crippen LogP contribution in [-0.4, -0.2) is 5.11 Å². The van der Waals surface area contributed by atoms with Gasteiger partial charge in [-0.1, -0.05) is 12.1 Å². The molecule has 0 unspecified atom stereocenters. The van der Waals surface area contributed by atoms with Crippen LogP contribution in [0.3, 0.4) is 0 Å². The molecule has 2 rings (SSSR count). The predicted molar refractivity (Wildman–Crippen MR) is 52.1 cm³/mol. The Bertz CT molecular complexity index is 500. The maximum Gasteiger partial charge on any atom is 0.185 e. The molecule has 0 saturated carbocycles. The van der Waals surface area contributed by atoms with Crippen molar-refractivity contribution in [1.29, 1.82) is 0 Å². The van der Waals surface area contributed by atoms with Crippen molar-refractivity contribution < 1.29 is 9.52 Å². The number of phenols is 1. The quantitative estimate of drug-likeness (QED) is 0.744. The van der Waals surface area contributed by atoms with Crippen LogP contribution in [0.1, 0.15) is 0 Å². The molecule has 1 aromatic heterocycles. The normalized spacial score (nSPS) is 10.0. The molecule has 3 heteroatoms. The summed E-state index contributed by atoms with van der Waals surface area (Å²) in [5.74, 6) is 0.599. The van der Waals surface area contributed by atoms with Crippen LogP contribution < -0.4 is 5.43 Å². The van der Waals surface area contributed by atoms with E-state index in [1.165, 1.54) is 24.5 Å². The average Bonchev–Trinajstić information content (AvgIpc) is 2.18. The van der Waals surface area contributed by atoms with Gasteiger partial charge in [-0.15, -0.1) is 0 Å². The standard InChI is InChI=1S/C11H8O3/c12-9-3-1-2-8(6-9)11-7-10(13)4-5-14-11/h1-7,12H. The van der Waals surface area contributed by atoms with Gasteiger partial charge in [0.25, 0.3) is 0 Å². The highest BCUT2D eigenvalue weighted by Crippen LogP contribution is 2.21. The Labute approximate surface area is 80.2 Å². The minimum absolute atomic E-state index is 0.116. The number of aromatic hydroxyl groups is 1. The van der Waals surface area contributed by atoms with Gasteiger partial charge >= 0.3 is 0 Å². The lowest BCUT2D eigenvalue weighted by atomic mass is 10.1. The van der Waals surface area contributed by atoms with E-state index in [4.69, 9.17) is 4.42 Å². The number of benzene rings is 1. The molecule has 2 aromatic rings. The summed E-state index contributed by atoms with van der Waals surface area (Å²) in [7, 11) is 0. The van der Waals surface area contributed by atoms with Gasteiger partial charge in [0, 0.05) is 17.7 Å². The molecule has 0 fully saturated rings. The zero-order valence-electron chi connectivity index (χ0n) is 7.31. The van der Waals surface area contributed by atoms with E-state index in [-0.39, 0.29) is 11.2 Å². The molecule has 70 valence electrons. The van der Waals surface area contributed by atoms with Crippen molar-refractivity contribution in [2.24, 2.45) is 0 Å². The second-order valence-corrected chi connectivity index (χ2v) is 2.88. The molecule has 0 atom stereocenters. The van der Waals surface area contributed by atoms with Gasteiger partial charge in [0.05, 0.1) is 6.26 Å². The highest BCUT2D eigenvalue weighted by atomic mass is 16.3. The first kappa shape index (κ1) is 8.56. The zero-order valence-corrected chi connectivity index (χ0v) is 7.31. The smallest absolute Gasteiger partial charge is 0.185 e. The minimum atomic E-state index is -0.116. The van der Waals surface area contributed by atoms with Gasteiger partial charge in [-0.05, 0) is 12.1 Å². The molecule has 1 heterocycles. The number of hydrogen-bond acceptors (Lipinski definition) is 3. The monoisotopic (exact) mass is 188 g/mol. The van der Waals surface area contributed by atoms with Gasteiger partial charge in [-0.2, -0.15) is 0 Å². The van der Waals surface area contributed by atoms with E-state index in [1.54, 1.807) is 18.2 Å². The topological polar surface area (TPSA) is 50.4 Å². The molecule has 0 aliphatic heterocycles. The average molecular weight is 188 g/mol. The van der Waals surface area contributed by atoms with E-state index in [2.05, 4.69) is 0 Å². The van der Waals surface area contributed by atoms with Crippen LogP contribution in [0, 0.1) is 0 Å². The van der Waals surface area contributed by atoms with Gasteiger partial charge in [0.1, 0.15) is 11.5 Å². The highest BCUT2D eigenvalue weighted by molar-refractivity contribution is 5.58. The van der Waals surface area contributed by atoms with Gasteiger partial charge in [0.2, 0.25) is 0 Å². The van der Waals surface area contributed by atoms with Crippen LogP contribution in [0.5, 0.6) is 5.75 Å². The van der Waals surface area contributed by atoms with E-state index >= 15 is 0 Å². The van der Waals surface area contributed by atoms with Crippen LogP contribution in [-0.2, 0) is 0 Å². The lowest BCUT2D eigenvalue weighted by Crippen LogP contribution is -1.94. The third-order valence-corrected chi connectivity index (χ3v) is 1.83. The second-order valence-electron chi connectivity index (χ2n) is 2.88. The van der Waals surface area contributed by atoms with Gasteiger partial charge < -0.3 is 9.52 Å². The molecule has 1 aromatic carbocycles. The third-order valence-electron chi connectivity index (χ3n) is 1.83. The molecule has 0 radical (unpaired) electrons. The first-order valence-electron chi connectivity index (χ1n) is 4.14. The van der Waals surface area contributed by atoms with E-state index < -0.39 is 0 Å². The van der Waals surface area contributed by atoms with Gasteiger partial charge in [-0.3, -0.25) is 4.79 Å². The molecule has 0 saturated heterocycles. The Morgan fingerprint density at radius 1 is 1.14 bits per heavy atom. The Balaban J connectivity index is 2.55. The van der Waals surface area contributed by atoms with Crippen molar-refractivity contribution in [3.05, 3.63) is 52.9 Å². The summed E-state index contributed by atoms with van der Waals surface area (Å²) in [4.78, 5) is 11.0. The number of phenolic OH excluding ortho intramolecular Hbond substituents is 1. The van der Waals surface area contributed by atoms with Crippen LogP contribution >= 0.6 is 0 Å². The molecule has 0 aliphatic rings. The fraction of sp³-hybridized carbons (Fsp3) is 0. The molecule has 1 N–H and O–H groups in total. The van der Waals surface area contributed by atoms with Crippen LogP contribution in [0.15, 0.2) is 51.9 Å². The summed E-state index contributed by atoms with van der Waals surface area (Å²) in [6, 6.07) is 9.28. The highest BCUT2D eigenvalue weighted by Gasteiger charge is 2.00. The number of rotatable bonds is 1. The summed E-state index contributed by atoms with van der Waals surface area (Å²) in [6.45, 7) is 0. The Morgan fingerprint density at radius 2 is 2.00 bits per heavy atom. The van der Waals surface area contributed by atoms with E-state index in [0.29, 0.717) is 11.3 Å². The summed E-state index contributed by atoms with van der Waals surface area (Å²) in [5, 5.41) is 9.22. The van der Waals surface area contributed by atoms with Crippen molar-refractivity contribution in [1.82, 2.24) is 0 Å². The Kier molecular flexibility index (Phi) is 2.07. The lowest BCUT2D eigenvalue weighted by Gasteiger charge is -1.99. The molecule has 0 amide bonds. The van der Waals surface area contributed by atoms with Crippen molar-refractivity contribution in [2.75, 3.05) is 0 Å². The van der Waals surface area contributed by atoms with Crippen molar-refractivity contribution in [3.8, 4) is 17.1 Å². The predicted octanol–water partition coefficient (Wildman–Crippen LogP) is 2.01. The van der Waals surface area contributed by atoms with Crippen molar-refractivity contribution in [3.63, 3.8) is 0 Å². The van der Waals surface area contributed by atoms with Crippen LogP contribution in [0.4, 0.5) is 0 Å². The molecule has 0 bridgehead atoms. The van der Waals surface area contributed by atoms with Crippen LogP contribution in [0.2, 0.25) is 0 Å².